The van der Waals surface area contributed by atoms with Crippen molar-refractivity contribution in [3.05, 3.63) is 34.9 Å². The molecule has 0 spiro atoms. The number of imide groups is 1. The van der Waals surface area contributed by atoms with E-state index in [1.54, 1.807) is 24.3 Å². The molecule has 0 aromatic heterocycles. The van der Waals surface area contributed by atoms with E-state index in [9.17, 15) is 9.59 Å². The summed E-state index contributed by atoms with van der Waals surface area (Å²) < 4.78 is 0. The van der Waals surface area contributed by atoms with Crippen molar-refractivity contribution >= 4 is 23.4 Å². The molecule has 1 saturated heterocycles. The monoisotopic (exact) mass is 239 g/mol. The number of benzene rings is 1. The largest absolute Gasteiger partial charge is 0.272 e. The number of carbonyl (C=O) groups excluding carboxylic acids is 2. The van der Waals surface area contributed by atoms with E-state index in [1.165, 1.54) is 7.11 Å². The molecule has 0 saturated carbocycles. The van der Waals surface area contributed by atoms with Crippen LogP contribution in [0, 0.1) is 0 Å². The maximum Gasteiger partial charge on any atom is 0.261 e. The summed E-state index contributed by atoms with van der Waals surface area (Å²) in [5, 5.41) is 1.41. The molecule has 1 aliphatic rings. The van der Waals surface area contributed by atoms with Crippen LogP contribution in [0.15, 0.2) is 24.3 Å². The highest BCUT2D eigenvalue weighted by atomic mass is 35.5. The van der Waals surface area contributed by atoms with Gasteiger partial charge in [-0.05, 0) is 17.7 Å². The number of carbonyl (C=O) groups is 2. The third-order valence-corrected chi connectivity index (χ3v) is 2.81. The fourth-order valence-corrected chi connectivity index (χ4v) is 1.88. The molecule has 1 atom stereocenters. The van der Waals surface area contributed by atoms with Gasteiger partial charge < -0.3 is 0 Å². The molecule has 1 fully saturated rings. The fraction of sp³-hybridized carbons (Fsp3) is 0.273. The minimum absolute atomic E-state index is 0.147. The Morgan fingerprint density at radius 1 is 1.31 bits per heavy atom. The van der Waals surface area contributed by atoms with Gasteiger partial charge in [-0.25, -0.2) is 0 Å². The summed E-state index contributed by atoms with van der Waals surface area (Å²) >= 11 is 5.75. The van der Waals surface area contributed by atoms with Crippen molar-refractivity contribution in [1.82, 2.24) is 5.06 Å². The lowest BCUT2D eigenvalue weighted by Gasteiger charge is -2.11. The molecule has 5 heteroatoms. The molecule has 0 aliphatic carbocycles. The van der Waals surface area contributed by atoms with Crippen LogP contribution in [0.4, 0.5) is 0 Å². The van der Waals surface area contributed by atoms with Crippen molar-refractivity contribution in [2.45, 2.75) is 12.3 Å². The van der Waals surface area contributed by atoms with Crippen LogP contribution >= 0.6 is 11.6 Å². The number of rotatable bonds is 2. The first kappa shape index (κ1) is 11.1. The van der Waals surface area contributed by atoms with Gasteiger partial charge in [0.1, 0.15) is 0 Å². The summed E-state index contributed by atoms with van der Waals surface area (Å²) in [7, 11) is 1.31. The molecule has 2 amide bonds. The van der Waals surface area contributed by atoms with E-state index < -0.39 is 5.92 Å². The molecule has 0 N–H and O–H groups in total. The molecule has 16 heavy (non-hydrogen) atoms. The number of hydrogen-bond acceptors (Lipinski definition) is 3. The molecule has 2 rings (SSSR count). The van der Waals surface area contributed by atoms with Crippen LogP contribution in [-0.4, -0.2) is 24.0 Å². The Bertz CT molecular complexity index is 429. The molecule has 0 radical (unpaired) electrons. The first-order valence-corrected chi connectivity index (χ1v) is 5.17. The minimum Gasteiger partial charge on any atom is -0.272 e. The molecule has 84 valence electrons. The average molecular weight is 240 g/mol. The van der Waals surface area contributed by atoms with Crippen molar-refractivity contribution in [1.29, 1.82) is 0 Å². The molecule has 1 unspecified atom stereocenters. The first-order valence-electron chi connectivity index (χ1n) is 4.80. The van der Waals surface area contributed by atoms with Gasteiger partial charge in [-0.3, -0.25) is 14.4 Å². The lowest BCUT2D eigenvalue weighted by molar-refractivity contribution is -0.179. The molecule has 4 nitrogen and oxygen atoms in total. The quantitative estimate of drug-likeness (QED) is 0.739. The lowest BCUT2D eigenvalue weighted by Crippen LogP contribution is -2.28. The van der Waals surface area contributed by atoms with E-state index in [-0.39, 0.29) is 18.2 Å². The van der Waals surface area contributed by atoms with Gasteiger partial charge in [0.15, 0.2) is 0 Å². The molecule has 1 heterocycles. The Labute approximate surface area is 97.7 Å². The maximum atomic E-state index is 11.8. The second kappa shape index (κ2) is 4.23. The number of hydrogen-bond donors (Lipinski definition) is 0. The van der Waals surface area contributed by atoms with Crippen LogP contribution in [0.2, 0.25) is 5.02 Å². The van der Waals surface area contributed by atoms with Crippen LogP contribution in [0.25, 0.3) is 0 Å². The lowest BCUT2D eigenvalue weighted by atomic mass is 9.98. The van der Waals surface area contributed by atoms with Gasteiger partial charge >= 0.3 is 0 Å². The highest BCUT2D eigenvalue weighted by Gasteiger charge is 2.40. The van der Waals surface area contributed by atoms with Gasteiger partial charge in [0.25, 0.3) is 11.8 Å². The highest BCUT2D eigenvalue weighted by molar-refractivity contribution is 6.30. The second-order valence-electron chi connectivity index (χ2n) is 3.52. The third kappa shape index (κ3) is 1.81. The van der Waals surface area contributed by atoms with Crippen LogP contribution in [0.1, 0.15) is 17.9 Å². The first-order chi connectivity index (χ1) is 7.63. The van der Waals surface area contributed by atoms with Gasteiger partial charge in [0, 0.05) is 11.4 Å². The number of amides is 2. The normalized spacial score (nSPS) is 20.6. The molecule has 0 bridgehead atoms. The minimum atomic E-state index is -0.454. The Morgan fingerprint density at radius 2 is 1.94 bits per heavy atom. The van der Waals surface area contributed by atoms with Gasteiger partial charge in [-0.15, -0.1) is 0 Å². The molecule has 1 aromatic rings. The molecular weight excluding hydrogens is 230 g/mol. The maximum absolute atomic E-state index is 11.8. The third-order valence-electron chi connectivity index (χ3n) is 2.56. The summed E-state index contributed by atoms with van der Waals surface area (Å²) in [5.41, 5.74) is 0.780. The zero-order chi connectivity index (χ0) is 11.7. The number of halogens is 1. The van der Waals surface area contributed by atoms with Crippen LogP contribution in [0.5, 0.6) is 0 Å². The second-order valence-corrected chi connectivity index (χ2v) is 3.95. The predicted octanol–water partition coefficient (Wildman–Crippen LogP) is 1.74. The van der Waals surface area contributed by atoms with E-state index in [1.807, 2.05) is 0 Å². The summed E-state index contributed by atoms with van der Waals surface area (Å²) in [6, 6.07) is 6.89. The Morgan fingerprint density at radius 3 is 2.44 bits per heavy atom. The van der Waals surface area contributed by atoms with Crippen molar-refractivity contribution in [3.8, 4) is 0 Å². The van der Waals surface area contributed by atoms with E-state index in [2.05, 4.69) is 0 Å². The topological polar surface area (TPSA) is 46.6 Å². The van der Waals surface area contributed by atoms with Crippen LogP contribution < -0.4 is 0 Å². The summed E-state index contributed by atoms with van der Waals surface area (Å²) in [4.78, 5) is 27.9. The van der Waals surface area contributed by atoms with E-state index >= 15 is 0 Å². The summed E-state index contributed by atoms with van der Waals surface area (Å²) in [6.07, 6.45) is 0.147. The number of hydroxylamine groups is 2. The zero-order valence-corrected chi connectivity index (χ0v) is 9.40. The van der Waals surface area contributed by atoms with E-state index in [0.717, 1.165) is 10.6 Å². The van der Waals surface area contributed by atoms with Crippen LogP contribution in [0.3, 0.4) is 0 Å². The van der Waals surface area contributed by atoms with Crippen LogP contribution in [-0.2, 0) is 14.4 Å². The Hall–Kier alpha value is -1.39. The smallest absolute Gasteiger partial charge is 0.261 e. The van der Waals surface area contributed by atoms with E-state index in [4.69, 9.17) is 16.4 Å². The predicted molar refractivity (Wildman–Crippen MR) is 57.7 cm³/mol. The van der Waals surface area contributed by atoms with E-state index in [0.29, 0.717) is 5.02 Å². The zero-order valence-electron chi connectivity index (χ0n) is 8.64. The van der Waals surface area contributed by atoms with Crippen molar-refractivity contribution < 1.29 is 14.4 Å². The standard InChI is InChI=1S/C11H10ClNO3/c1-16-13-10(14)6-9(11(13)15)7-2-4-8(12)5-3-7/h2-5,9H,6H2,1H3. The van der Waals surface area contributed by atoms with Gasteiger partial charge in [0.2, 0.25) is 0 Å². The molecule has 1 aromatic carbocycles. The summed E-state index contributed by atoms with van der Waals surface area (Å²) in [5.74, 6) is -1.09. The Kier molecular flexibility index (Phi) is 2.94. The van der Waals surface area contributed by atoms with Gasteiger partial charge in [0.05, 0.1) is 13.0 Å². The van der Waals surface area contributed by atoms with Crippen molar-refractivity contribution in [2.75, 3.05) is 7.11 Å². The molecule has 1 aliphatic heterocycles. The number of nitrogens with zero attached hydrogens (tertiary/aromatic N) is 1. The average Bonchev–Trinajstić information content (AvgIpc) is 2.55. The van der Waals surface area contributed by atoms with Crippen molar-refractivity contribution in [3.63, 3.8) is 0 Å². The van der Waals surface area contributed by atoms with Gasteiger partial charge in [-0.2, -0.15) is 5.06 Å². The van der Waals surface area contributed by atoms with Gasteiger partial charge in [-0.1, -0.05) is 23.7 Å². The fourth-order valence-electron chi connectivity index (χ4n) is 1.76. The summed E-state index contributed by atoms with van der Waals surface area (Å²) in [6.45, 7) is 0. The Balaban J connectivity index is 2.27. The highest BCUT2D eigenvalue weighted by Crippen LogP contribution is 2.30. The SMILES string of the molecule is CON1C(=O)CC(c2ccc(Cl)cc2)C1=O. The molecular formula is C11H10ClNO3. The van der Waals surface area contributed by atoms with Crippen molar-refractivity contribution in [2.24, 2.45) is 0 Å².